The van der Waals surface area contributed by atoms with Crippen molar-refractivity contribution in [2.45, 2.75) is 19.9 Å². The van der Waals surface area contributed by atoms with Crippen LogP contribution in [-0.4, -0.2) is 29.8 Å². The molecule has 0 bridgehead atoms. The summed E-state index contributed by atoms with van der Waals surface area (Å²) >= 11 is 3.39. The Balaban J connectivity index is 2.48. The van der Waals surface area contributed by atoms with Crippen molar-refractivity contribution in [3.63, 3.8) is 0 Å². The summed E-state index contributed by atoms with van der Waals surface area (Å²) < 4.78 is 12.8. The Morgan fingerprint density at radius 3 is 2.48 bits per heavy atom. The van der Waals surface area contributed by atoms with Gasteiger partial charge in [0, 0.05) is 11.6 Å². The first kappa shape index (κ1) is 15.6. The van der Waals surface area contributed by atoms with Crippen molar-refractivity contribution < 1.29 is 14.3 Å². The molecular weight excluding hydrogens is 336 g/mol. The first-order valence-corrected chi connectivity index (χ1v) is 7.28. The fourth-order valence-electron chi connectivity index (χ4n) is 2.06. The summed E-state index contributed by atoms with van der Waals surface area (Å²) in [5.74, 6) is 0.995. The normalized spacial score (nSPS) is 10.8. The molecule has 0 aliphatic carbocycles. The van der Waals surface area contributed by atoms with Crippen molar-refractivity contribution in [2.24, 2.45) is 0 Å². The van der Waals surface area contributed by atoms with Gasteiger partial charge in [0.2, 0.25) is 5.78 Å². The molecule has 2 rings (SSSR count). The minimum atomic E-state index is -0.117. The predicted molar refractivity (Wildman–Crippen MR) is 83.3 cm³/mol. The van der Waals surface area contributed by atoms with Gasteiger partial charge in [0.05, 0.1) is 24.9 Å². The van der Waals surface area contributed by atoms with Gasteiger partial charge in [0.25, 0.3) is 0 Å². The average Bonchev–Trinajstić information content (AvgIpc) is 2.87. The highest BCUT2D eigenvalue weighted by Gasteiger charge is 2.21. The maximum absolute atomic E-state index is 12.7. The van der Waals surface area contributed by atoms with Crippen molar-refractivity contribution in [2.75, 3.05) is 14.2 Å². The molecule has 0 radical (unpaired) electrons. The highest BCUT2D eigenvalue weighted by molar-refractivity contribution is 9.10. The van der Waals surface area contributed by atoms with Gasteiger partial charge in [-0.2, -0.15) is 5.10 Å². The molecule has 112 valence electrons. The number of rotatable bonds is 5. The highest BCUT2D eigenvalue weighted by Crippen LogP contribution is 2.30. The fraction of sp³-hybridized carbons (Fsp3) is 0.333. The van der Waals surface area contributed by atoms with Crippen LogP contribution in [0.15, 0.2) is 28.9 Å². The molecule has 0 atom stereocenters. The van der Waals surface area contributed by atoms with Gasteiger partial charge < -0.3 is 9.47 Å². The number of methoxy groups -OCH3 is 2. The Hall–Kier alpha value is -1.82. The van der Waals surface area contributed by atoms with Crippen molar-refractivity contribution in [1.82, 2.24) is 9.78 Å². The van der Waals surface area contributed by atoms with Gasteiger partial charge in [-0.3, -0.25) is 9.48 Å². The third kappa shape index (κ3) is 2.95. The van der Waals surface area contributed by atoms with Crippen LogP contribution in [0.25, 0.3) is 0 Å². The molecule has 6 heteroatoms. The number of halogens is 1. The van der Waals surface area contributed by atoms with Gasteiger partial charge in [0.15, 0.2) is 11.5 Å². The zero-order valence-corrected chi connectivity index (χ0v) is 14.0. The second kappa shape index (κ2) is 6.30. The van der Waals surface area contributed by atoms with Crippen LogP contribution in [-0.2, 0) is 0 Å². The Bertz CT molecular complexity index is 665. The molecule has 0 saturated carbocycles. The van der Waals surface area contributed by atoms with E-state index in [1.807, 2.05) is 13.8 Å². The van der Waals surface area contributed by atoms with E-state index in [0.29, 0.717) is 27.2 Å². The minimum Gasteiger partial charge on any atom is -0.493 e. The molecule has 5 nitrogen and oxygen atoms in total. The second-order valence-electron chi connectivity index (χ2n) is 4.78. The molecule has 2 aromatic rings. The van der Waals surface area contributed by atoms with Gasteiger partial charge in [-0.05, 0) is 48.0 Å². The summed E-state index contributed by atoms with van der Waals surface area (Å²) in [6, 6.07) is 5.20. The first-order chi connectivity index (χ1) is 9.99. The van der Waals surface area contributed by atoms with Crippen LogP contribution in [0, 0.1) is 0 Å². The lowest BCUT2D eigenvalue weighted by Crippen LogP contribution is -2.14. The van der Waals surface area contributed by atoms with E-state index in [1.54, 1.807) is 43.3 Å². The molecule has 0 amide bonds. The number of hydrogen-bond donors (Lipinski definition) is 0. The quantitative estimate of drug-likeness (QED) is 0.773. The van der Waals surface area contributed by atoms with E-state index < -0.39 is 0 Å². The van der Waals surface area contributed by atoms with Crippen LogP contribution in [0.4, 0.5) is 0 Å². The molecule has 1 aromatic carbocycles. The Morgan fingerprint density at radius 1 is 1.24 bits per heavy atom. The molecule has 0 spiro atoms. The van der Waals surface area contributed by atoms with Crippen LogP contribution in [0.2, 0.25) is 0 Å². The topological polar surface area (TPSA) is 53.3 Å². The number of carbonyl (C=O) groups excluding carboxylic acids is 1. The summed E-state index contributed by atoms with van der Waals surface area (Å²) in [6.07, 6.45) is 1.63. The number of carbonyl (C=O) groups is 1. The zero-order chi connectivity index (χ0) is 15.6. The van der Waals surface area contributed by atoms with Gasteiger partial charge in [-0.25, -0.2) is 0 Å². The molecule has 0 aliphatic heterocycles. The third-order valence-electron chi connectivity index (χ3n) is 3.10. The molecule has 0 aliphatic rings. The smallest absolute Gasteiger partial charge is 0.212 e. The minimum absolute atomic E-state index is 0.0930. The molecule has 0 fully saturated rings. The maximum atomic E-state index is 12.7. The molecule has 1 heterocycles. The maximum Gasteiger partial charge on any atom is 0.212 e. The number of aromatic nitrogens is 2. The van der Waals surface area contributed by atoms with Crippen LogP contribution in [0.1, 0.15) is 35.9 Å². The second-order valence-corrected chi connectivity index (χ2v) is 5.63. The summed E-state index contributed by atoms with van der Waals surface area (Å²) in [5, 5.41) is 4.23. The van der Waals surface area contributed by atoms with Gasteiger partial charge in [-0.15, -0.1) is 0 Å². The van der Waals surface area contributed by atoms with Crippen LogP contribution < -0.4 is 9.47 Å². The lowest BCUT2D eigenvalue weighted by Gasteiger charge is -2.12. The molecule has 21 heavy (non-hydrogen) atoms. The Morgan fingerprint density at radius 2 is 1.90 bits per heavy atom. The summed E-state index contributed by atoms with van der Waals surface area (Å²) in [6.45, 7) is 3.95. The van der Waals surface area contributed by atoms with E-state index in [-0.39, 0.29) is 11.8 Å². The van der Waals surface area contributed by atoms with E-state index in [2.05, 4.69) is 21.0 Å². The average molecular weight is 353 g/mol. The lowest BCUT2D eigenvalue weighted by atomic mass is 10.1. The number of benzene rings is 1. The summed E-state index contributed by atoms with van der Waals surface area (Å²) in [4.78, 5) is 12.7. The number of nitrogens with zero attached hydrogens (tertiary/aromatic N) is 2. The number of ether oxygens (including phenoxy) is 2. The van der Waals surface area contributed by atoms with Crippen LogP contribution in [0.5, 0.6) is 11.5 Å². The predicted octanol–water partition coefficient (Wildman–Crippen LogP) is 3.47. The molecule has 0 unspecified atom stereocenters. The SMILES string of the molecule is COc1ccc(C(=O)c2c(Br)cnn2C(C)C)cc1OC. The number of hydrogen-bond acceptors (Lipinski definition) is 4. The van der Waals surface area contributed by atoms with E-state index >= 15 is 0 Å². The molecular formula is C15H17BrN2O3. The first-order valence-electron chi connectivity index (χ1n) is 6.49. The van der Waals surface area contributed by atoms with Crippen LogP contribution in [0.3, 0.4) is 0 Å². The van der Waals surface area contributed by atoms with Crippen molar-refractivity contribution in [3.05, 3.63) is 40.1 Å². The highest BCUT2D eigenvalue weighted by atomic mass is 79.9. The Labute approximate surface area is 132 Å². The molecule has 0 saturated heterocycles. The zero-order valence-electron chi connectivity index (χ0n) is 12.4. The van der Waals surface area contributed by atoms with Gasteiger partial charge in [0.1, 0.15) is 5.69 Å². The van der Waals surface area contributed by atoms with Crippen molar-refractivity contribution in [3.8, 4) is 11.5 Å². The van der Waals surface area contributed by atoms with Crippen molar-refractivity contribution in [1.29, 1.82) is 0 Å². The largest absolute Gasteiger partial charge is 0.493 e. The van der Waals surface area contributed by atoms with E-state index in [9.17, 15) is 4.79 Å². The Kier molecular flexibility index (Phi) is 4.67. The standard InChI is InChI=1S/C15H17BrN2O3/c1-9(2)18-14(11(16)8-17-18)15(19)10-5-6-12(20-3)13(7-10)21-4/h5-9H,1-4H3. The van der Waals surface area contributed by atoms with E-state index in [1.165, 1.54) is 0 Å². The molecule has 0 N–H and O–H groups in total. The summed E-state index contributed by atoms with van der Waals surface area (Å²) in [5.41, 5.74) is 1.05. The van der Waals surface area contributed by atoms with Crippen LogP contribution >= 0.6 is 15.9 Å². The lowest BCUT2D eigenvalue weighted by molar-refractivity contribution is 0.102. The fourth-order valence-corrected chi connectivity index (χ4v) is 2.51. The van der Waals surface area contributed by atoms with E-state index in [4.69, 9.17) is 9.47 Å². The number of ketones is 1. The molecule has 1 aromatic heterocycles. The summed E-state index contributed by atoms with van der Waals surface area (Å²) in [7, 11) is 3.10. The van der Waals surface area contributed by atoms with Gasteiger partial charge in [-0.1, -0.05) is 0 Å². The monoisotopic (exact) mass is 352 g/mol. The van der Waals surface area contributed by atoms with Crippen molar-refractivity contribution >= 4 is 21.7 Å². The third-order valence-corrected chi connectivity index (χ3v) is 3.68. The van der Waals surface area contributed by atoms with E-state index in [0.717, 1.165) is 0 Å². The van der Waals surface area contributed by atoms with Gasteiger partial charge >= 0.3 is 0 Å².